The Labute approximate surface area is 435 Å². The van der Waals surface area contributed by atoms with Gasteiger partial charge in [-0.15, -0.1) is 0 Å². The molecule has 354 valence electrons. The number of anilines is 12. The standard InChI is InChI=1S/C68H47BN4O2/c1-44-26-30-50(31-27-44)70(46-16-7-3-8-17-46)52-34-36-54-56-38-40-58-65(67(56)74-62(54)42-52)72(48-20-11-5-12-21-48)60-24-15-25-61-64(60)69(58)59-41-39-57-55-37-35-53(71(47-18-9-4-10-19-47)51-32-28-45(2)29-33-51)43-63(55)75-68(57)66(59)73(61)49-22-13-6-14-23-49/h3-43H,1-2H3. The number of fused-ring (bicyclic) bond motifs is 12. The largest absolute Gasteiger partial charge is 0.454 e. The first kappa shape index (κ1) is 42.9. The zero-order chi connectivity index (χ0) is 49.7. The van der Waals surface area contributed by atoms with Crippen LogP contribution in [0.25, 0.3) is 43.9 Å². The van der Waals surface area contributed by atoms with Gasteiger partial charge in [0, 0.05) is 90.6 Å². The highest BCUT2D eigenvalue weighted by Crippen LogP contribution is 2.50. The molecule has 13 aromatic rings. The maximum Gasteiger partial charge on any atom is 0.252 e. The van der Waals surface area contributed by atoms with Gasteiger partial charge in [0.25, 0.3) is 6.71 Å². The molecule has 0 saturated carbocycles. The second-order valence-electron chi connectivity index (χ2n) is 19.8. The fraction of sp³-hybridized carbons (Fsp3) is 0.0294. The summed E-state index contributed by atoms with van der Waals surface area (Å²) < 4.78 is 14.7. The minimum absolute atomic E-state index is 0.160. The monoisotopic (exact) mass is 962 g/mol. The molecule has 0 spiro atoms. The Morgan fingerprint density at radius 3 is 1.11 bits per heavy atom. The van der Waals surface area contributed by atoms with Gasteiger partial charge in [-0.3, -0.25) is 0 Å². The van der Waals surface area contributed by atoms with Crippen molar-refractivity contribution in [1.29, 1.82) is 0 Å². The Morgan fingerprint density at radius 1 is 0.333 bits per heavy atom. The summed E-state index contributed by atoms with van der Waals surface area (Å²) in [5.41, 5.74) is 22.1. The number of hydrogen-bond donors (Lipinski definition) is 0. The number of nitrogens with zero attached hydrogens (tertiary/aromatic N) is 4. The van der Waals surface area contributed by atoms with E-state index in [1.165, 1.54) is 27.5 Å². The molecule has 0 radical (unpaired) electrons. The predicted molar refractivity (Wildman–Crippen MR) is 314 cm³/mol. The molecule has 0 amide bonds. The minimum Gasteiger partial charge on any atom is -0.454 e. The third-order valence-electron chi connectivity index (χ3n) is 15.3. The van der Waals surface area contributed by atoms with Crippen LogP contribution >= 0.6 is 0 Å². The topological polar surface area (TPSA) is 39.2 Å². The van der Waals surface area contributed by atoms with E-state index in [1.54, 1.807) is 0 Å². The average Bonchev–Trinajstić information content (AvgIpc) is 4.09. The van der Waals surface area contributed by atoms with Gasteiger partial charge in [0.05, 0.1) is 11.4 Å². The van der Waals surface area contributed by atoms with Gasteiger partial charge < -0.3 is 28.4 Å². The van der Waals surface area contributed by atoms with Crippen LogP contribution in [-0.2, 0) is 0 Å². The van der Waals surface area contributed by atoms with Gasteiger partial charge in [0.1, 0.15) is 11.2 Å². The summed E-state index contributed by atoms with van der Waals surface area (Å²) in [6.45, 7) is 4.10. The number of aryl methyl sites for hydroxylation is 2. The van der Waals surface area contributed by atoms with Gasteiger partial charge in [-0.05, 0) is 139 Å². The molecule has 0 aliphatic carbocycles. The number of rotatable bonds is 8. The first-order valence-corrected chi connectivity index (χ1v) is 25.7. The summed E-state index contributed by atoms with van der Waals surface area (Å²) in [5.74, 6) is 0. The Morgan fingerprint density at radius 2 is 0.693 bits per heavy atom. The van der Waals surface area contributed by atoms with E-state index in [0.29, 0.717) is 0 Å². The molecule has 0 bridgehead atoms. The van der Waals surface area contributed by atoms with Crippen LogP contribution in [0.5, 0.6) is 0 Å². The van der Waals surface area contributed by atoms with Crippen LogP contribution in [0.3, 0.4) is 0 Å². The molecule has 15 rings (SSSR count). The molecule has 11 aromatic carbocycles. The van der Waals surface area contributed by atoms with E-state index < -0.39 is 0 Å². The van der Waals surface area contributed by atoms with Crippen LogP contribution in [0.2, 0.25) is 0 Å². The predicted octanol–water partition coefficient (Wildman–Crippen LogP) is 17.1. The van der Waals surface area contributed by atoms with Crippen LogP contribution in [0, 0.1) is 13.8 Å². The van der Waals surface area contributed by atoms with Crippen molar-refractivity contribution < 1.29 is 8.83 Å². The first-order valence-electron chi connectivity index (χ1n) is 25.7. The van der Waals surface area contributed by atoms with Crippen molar-refractivity contribution in [3.63, 3.8) is 0 Å². The number of furan rings is 2. The molecule has 75 heavy (non-hydrogen) atoms. The van der Waals surface area contributed by atoms with Gasteiger partial charge >= 0.3 is 0 Å². The molecule has 0 unspecified atom stereocenters. The molecule has 0 N–H and O–H groups in total. The van der Waals surface area contributed by atoms with E-state index in [0.717, 1.165) is 112 Å². The summed E-state index contributed by atoms with van der Waals surface area (Å²) in [5, 5.41) is 4.27. The highest BCUT2D eigenvalue weighted by molar-refractivity contribution is 7.00. The molecule has 2 aromatic heterocycles. The lowest BCUT2D eigenvalue weighted by Gasteiger charge is -2.43. The van der Waals surface area contributed by atoms with Gasteiger partial charge in [-0.2, -0.15) is 0 Å². The highest BCUT2D eigenvalue weighted by Gasteiger charge is 2.45. The lowest BCUT2D eigenvalue weighted by Crippen LogP contribution is -2.61. The van der Waals surface area contributed by atoms with Gasteiger partial charge in [-0.25, -0.2) is 0 Å². The van der Waals surface area contributed by atoms with Crippen LogP contribution in [0.15, 0.2) is 258 Å². The minimum atomic E-state index is -0.160. The SMILES string of the molecule is Cc1ccc(N(c2ccccc2)c2ccc3c(c2)oc2c4c(ccc23)B2c3ccc5c(oc6cc(N(c7ccccc7)c7ccc(C)cc7)ccc65)c3N(c3ccccc3)c3cccc(c32)N4c2ccccc2)cc1. The summed E-state index contributed by atoms with van der Waals surface area (Å²) in [6.07, 6.45) is 0. The molecule has 0 saturated heterocycles. The summed E-state index contributed by atoms with van der Waals surface area (Å²) in [4.78, 5) is 9.47. The average molecular weight is 963 g/mol. The first-order chi connectivity index (χ1) is 37.0. The maximum atomic E-state index is 7.33. The van der Waals surface area contributed by atoms with Crippen molar-refractivity contribution >= 4 is 135 Å². The van der Waals surface area contributed by atoms with Crippen LogP contribution < -0.4 is 36.0 Å². The Balaban J connectivity index is 0.961. The van der Waals surface area contributed by atoms with Crippen LogP contribution in [0.4, 0.5) is 68.2 Å². The van der Waals surface area contributed by atoms with Crippen molar-refractivity contribution in [2.45, 2.75) is 13.8 Å². The van der Waals surface area contributed by atoms with Crippen molar-refractivity contribution in [3.05, 3.63) is 260 Å². The van der Waals surface area contributed by atoms with Crippen molar-refractivity contribution in [3.8, 4) is 0 Å². The number of benzene rings is 11. The smallest absolute Gasteiger partial charge is 0.252 e. The molecule has 6 nitrogen and oxygen atoms in total. The molecule has 4 heterocycles. The zero-order valence-corrected chi connectivity index (χ0v) is 41.4. The lowest BCUT2D eigenvalue weighted by atomic mass is 9.33. The Kier molecular flexibility index (Phi) is 9.69. The van der Waals surface area contributed by atoms with E-state index in [4.69, 9.17) is 8.83 Å². The van der Waals surface area contributed by atoms with E-state index in [1.807, 2.05) is 0 Å². The number of hydrogen-bond acceptors (Lipinski definition) is 6. The molecule has 2 aliphatic heterocycles. The van der Waals surface area contributed by atoms with E-state index in [2.05, 4.69) is 282 Å². The maximum absolute atomic E-state index is 7.33. The Bertz CT molecular complexity index is 4050. The normalized spacial score (nSPS) is 12.6. The lowest BCUT2D eigenvalue weighted by molar-refractivity contribution is 0.669. The van der Waals surface area contributed by atoms with Gasteiger partial charge in [0.2, 0.25) is 0 Å². The summed E-state index contributed by atoms with van der Waals surface area (Å²) in [7, 11) is 0. The number of para-hydroxylation sites is 4. The van der Waals surface area contributed by atoms with Crippen molar-refractivity contribution in [1.82, 2.24) is 0 Å². The molecule has 2 aliphatic rings. The van der Waals surface area contributed by atoms with Gasteiger partial charge in [-0.1, -0.05) is 139 Å². The van der Waals surface area contributed by atoms with E-state index in [-0.39, 0.29) is 6.71 Å². The second kappa shape index (κ2) is 16.9. The molecule has 7 heteroatoms. The van der Waals surface area contributed by atoms with Crippen LogP contribution in [0.1, 0.15) is 11.1 Å². The third-order valence-corrected chi connectivity index (χ3v) is 15.3. The molecular formula is C68H47BN4O2. The molecule has 0 fully saturated rings. The quantitative estimate of drug-likeness (QED) is 0.141. The second-order valence-corrected chi connectivity index (χ2v) is 19.8. The summed E-state index contributed by atoms with van der Waals surface area (Å²) in [6, 6.07) is 89.4. The zero-order valence-electron chi connectivity index (χ0n) is 41.4. The molecule has 0 atom stereocenters. The summed E-state index contributed by atoms with van der Waals surface area (Å²) >= 11 is 0. The van der Waals surface area contributed by atoms with Crippen molar-refractivity contribution in [2.75, 3.05) is 19.6 Å². The van der Waals surface area contributed by atoms with Crippen LogP contribution in [-0.4, -0.2) is 6.71 Å². The van der Waals surface area contributed by atoms with Gasteiger partial charge in [0.15, 0.2) is 11.2 Å². The molecular weight excluding hydrogens is 916 g/mol. The van der Waals surface area contributed by atoms with E-state index >= 15 is 0 Å². The highest BCUT2D eigenvalue weighted by atomic mass is 16.3. The fourth-order valence-electron chi connectivity index (χ4n) is 11.9. The Hall–Kier alpha value is -9.72. The fourth-order valence-corrected chi connectivity index (χ4v) is 11.9. The van der Waals surface area contributed by atoms with E-state index in [9.17, 15) is 0 Å². The van der Waals surface area contributed by atoms with Crippen molar-refractivity contribution in [2.24, 2.45) is 0 Å². The third kappa shape index (κ3) is 6.75.